The van der Waals surface area contributed by atoms with E-state index in [1.54, 1.807) is 37.3 Å². The SMILES string of the molecule is Cc1cc(N(CC(=O)N(Cc2ccc(F)cc2)[C@@H](C)C(=O)NC2CCCCC2)S(C)(=O)=O)ccc1Br. The molecule has 0 bridgehead atoms. The number of nitrogens with zero attached hydrogens (tertiary/aromatic N) is 2. The Balaban J connectivity index is 1.87. The normalized spacial score (nSPS) is 15.2. The molecular weight excluding hydrogens is 549 g/mol. The number of sulfonamides is 1. The summed E-state index contributed by atoms with van der Waals surface area (Å²) in [6, 6.07) is 9.92. The fourth-order valence-electron chi connectivity index (χ4n) is 4.34. The Labute approximate surface area is 221 Å². The molecule has 2 amide bonds. The highest BCUT2D eigenvalue weighted by Crippen LogP contribution is 2.25. The fraction of sp³-hybridized carbons (Fsp3) is 0.462. The van der Waals surface area contributed by atoms with E-state index in [-0.39, 0.29) is 18.5 Å². The molecule has 3 rings (SSSR count). The van der Waals surface area contributed by atoms with Crippen molar-refractivity contribution in [2.45, 2.75) is 64.6 Å². The van der Waals surface area contributed by atoms with Crippen LogP contribution in [0.2, 0.25) is 0 Å². The largest absolute Gasteiger partial charge is 0.352 e. The lowest BCUT2D eigenvalue weighted by molar-refractivity contribution is -0.139. The number of carbonyl (C=O) groups is 2. The molecule has 0 unspecified atom stereocenters. The van der Waals surface area contributed by atoms with Crippen molar-refractivity contribution in [3.63, 3.8) is 0 Å². The van der Waals surface area contributed by atoms with E-state index in [1.807, 2.05) is 6.92 Å². The Bertz CT molecular complexity index is 1180. The van der Waals surface area contributed by atoms with Gasteiger partial charge >= 0.3 is 0 Å². The molecule has 0 radical (unpaired) electrons. The molecule has 2 aromatic carbocycles. The van der Waals surface area contributed by atoms with E-state index in [1.165, 1.54) is 17.0 Å². The molecule has 0 saturated heterocycles. The molecule has 0 spiro atoms. The van der Waals surface area contributed by atoms with Crippen molar-refractivity contribution in [2.75, 3.05) is 17.1 Å². The lowest BCUT2D eigenvalue weighted by Gasteiger charge is -2.33. The van der Waals surface area contributed by atoms with E-state index in [0.29, 0.717) is 11.3 Å². The van der Waals surface area contributed by atoms with Gasteiger partial charge in [-0.15, -0.1) is 0 Å². The third kappa shape index (κ3) is 7.52. The summed E-state index contributed by atoms with van der Waals surface area (Å²) in [5, 5.41) is 3.05. The molecule has 1 atom stereocenters. The lowest BCUT2D eigenvalue weighted by atomic mass is 9.95. The zero-order chi connectivity index (χ0) is 26.5. The van der Waals surface area contributed by atoms with Gasteiger partial charge in [-0.25, -0.2) is 12.8 Å². The first kappa shape index (κ1) is 28.1. The van der Waals surface area contributed by atoms with Crippen molar-refractivity contribution < 1.29 is 22.4 Å². The number of nitrogens with one attached hydrogen (secondary N) is 1. The summed E-state index contributed by atoms with van der Waals surface area (Å²) < 4.78 is 40.7. The molecule has 1 fully saturated rings. The number of benzene rings is 2. The molecule has 0 aromatic heterocycles. The summed E-state index contributed by atoms with van der Waals surface area (Å²) in [5.74, 6) is -1.23. The molecule has 1 N–H and O–H groups in total. The van der Waals surface area contributed by atoms with E-state index < -0.39 is 34.3 Å². The number of hydrogen-bond acceptors (Lipinski definition) is 4. The van der Waals surface area contributed by atoms with Crippen molar-refractivity contribution in [2.24, 2.45) is 0 Å². The predicted octanol–water partition coefficient (Wildman–Crippen LogP) is 4.53. The minimum Gasteiger partial charge on any atom is -0.352 e. The third-order valence-corrected chi connectivity index (χ3v) is 8.52. The minimum absolute atomic E-state index is 0.0370. The predicted molar refractivity (Wildman–Crippen MR) is 142 cm³/mol. The molecular formula is C26H33BrFN3O4S. The van der Waals surface area contributed by atoms with E-state index in [9.17, 15) is 22.4 Å². The highest BCUT2D eigenvalue weighted by molar-refractivity contribution is 9.10. The van der Waals surface area contributed by atoms with Crippen molar-refractivity contribution >= 4 is 43.5 Å². The smallest absolute Gasteiger partial charge is 0.244 e. The van der Waals surface area contributed by atoms with Crippen LogP contribution in [-0.2, 0) is 26.2 Å². The highest BCUT2D eigenvalue weighted by atomic mass is 79.9. The number of anilines is 1. The number of amides is 2. The van der Waals surface area contributed by atoms with Crippen LogP contribution in [0.5, 0.6) is 0 Å². The zero-order valence-electron chi connectivity index (χ0n) is 20.8. The fourth-order valence-corrected chi connectivity index (χ4v) is 5.42. The first-order valence-corrected chi connectivity index (χ1v) is 14.7. The number of rotatable bonds is 9. The molecule has 196 valence electrons. The van der Waals surface area contributed by atoms with Crippen LogP contribution in [0.3, 0.4) is 0 Å². The summed E-state index contributed by atoms with van der Waals surface area (Å²) in [6.45, 7) is 3.03. The van der Waals surface area contributed by atoms with Gasteiger partial charge in [-0.2, -0.15) is 0 Å². The highest BCUT2D eigenvalue weighted by Gasteiger charge is 2.31. The van der Waals surface area contributed by atoms with E-state index in [4.69, 9.17) is 0 Å². The van der Waals surface area contributed by atoms with Gasteiger partial charge < -0.3 is 10.2 Å². The maximum absolute atomic E-state index is 13.6. The summed E-state index contributed by atoms with van der Waals surface area (Å²) in [6.07, 6.45) is 6.08. The van der Waals surface area contributed by atoms with Gasteiger partial charge in [0.05, 0.1) is 11.9 Å². The summed E-state index contributed by atoms with van der Waals surface area (Å²) in [4.78, 5) is 28.1. The van der Waals surface area contributed by atoms with Gasteiger partial charge in [0.2, 0.25) is 21.8 Å². The standard InChI is InChI=1S/C26H33BrFN3O4S/c1-18-15-23(13-14-24(18)27)31(36(3,34)35)17-25(32)30(16-20-9-11-21(28)12-10-20)19(2)26(33)29-22-7-5-4-6-8-22/h9-15,19,22H,4-8,16-17H2,1-3H3,(H,29,33)/t19-/m0/s1. The average molecular weight is 583 g/mol. The Morgan fingerprint density at radius 2 is 1.75 bits per heavy atom. The quantitative estimate of drug-likeness (QED) is 0.471. The number of carbonyl (C=O) groups excluding carboxylic acids is 2. The van der Waals surface area contributed by atoms with Crippen LogP contribution < -0.4 is 9.62 Å². The van der Waals surface area contributed by atoms with Gasteiger partial charge in [0, 0.05) is 17.1 Å². The van der Waals surface area contributed by atoms with Crippen LogP contribution in [0.15, 0.2) is 46.9 Å². The second-order valence-electron chi connectivity index (χ2n) is 9.37. The van der Waals surface area contributed by atoms with Crippen molar-refractivity contribution in [1.29, 1.82) is 0 Å². The van der Waals surface area contributed by atoms with Crippen LogP contribution in [0, 0.1) is 12.7 Å². The Kier molecular flexibility index (Phi) is 9.52. The maximum Gasteiger partial charge on any atom is 0.244 e. The van der Waals surface area contributed by atoms with Gasteiger partial charge in [0.25, 0.3) is 0 Å². The van der Waals surface area contributed by atoms with Crippen LogP contribution in [-0.4, -0.2) is 50.0 Å². The van der Waals surface area contributed by atoms with Gasteiger partial charge in [0.15, 0.2) is 0 Å². The first-order valence-electron chi connectivity index (χ1n) is 12.0. The van der Waals surface area contributed by atoms with Crippen LogP contribution in [0.25, 0.3) is 0 Å². The Morgan fingerprint density at radius 3 is 2.33 bits per heavy atom. The molecule has 1 saturated carbocycles. The van der Waals surface area contributed by atoms with E-state index >= 15 is 0 Å². The van der Waals surface area contributed by atoms with E-state index in [2.05, 4.69) is 21.2 Å². The van der Waals surface area contributed by atoms with Crippen LogP contribution >= 0.6 is 15.9 Å². The van der Waals surface area contributed by atoms with Gasteiger partial charge in [-0.1, -0.05) is 47.3 Å². The molecule has 1 aliphatic carbocycles. The Morgan fingerprint density at radius 1 is 1.11 bits per heavy atom. The number of aryl methyl sites for hydroxylation is 1. The molecule has 0 heterocycles. The second kappa shape index (κ2) is 12.2. The number of halogens is 2. The molecule has 36 heavy (non-hydrogen) atoms. The molecule has 10 heteroatoms. The summed E-state index contributed by atoms with van der Waals surface area (Å²) in [5.41, 5.74) is 1.80. The minimum atomic E-state index is -3.80. The molecule has 0 aliphatic heterocycles. The molecule has 1 aliphatic rings. The van der Waals surface area contributed by atoms with Crippen molar-refractivity contribution in [3.8, 4) is 0 Å². The maximum atomic E-state index is 13.6. The average Bonchev–Trinajstić information content (AvgIpc) is 2.83. The van der Waals surface area contributed by atoms with Crippen molar-refractivity contribution in [3.05, 3.63) is 63.9 Å². The summed E-state index contributed by atoms with van der Waals surface area (Å²) in [7, 11) is -3.80. The third-order valence-electron chi connectivity index (χ3n) is 6.49. The zero-order valence-corrected chi connectivity index (χ0v) is 23.2. The van der Waals surface area contributed by atoms with Crippen LogP contribution in [0.1, 0.15) is 50.2 Å². The Hall–Kier alpha value is -2.46. The molecule has 2 aromatic rings. The van der Waals surface area contributed by atoms with Gasteiger partial charge in [-0.05, 0) is 68.1 Å². The topological polar surface area (TPSA) is 86.8 Å². The van der Waals surface area contributed by atoms with Gasteiger partial charge in [-0.3, -0.25) is 13.9 Å². The van der Waals surface area contributed by atoms with Crippen LogP contribution in [0.4, 0.5) is 10.1 Å². The monoisotopic (exact) mass is 581 g/mol. The lowest BCUT2D eigenvalue weighted by Crippen LogP contribution is -2.53. The number of hydrogen-bond donors (Lipinski definition) is 1. The van der Waals surface area contributed by atoms with Crippen molar-refractivity contribution in [1.82, 2.24) is 10.2 Å². The summed E-state index contributed by atoms with van der Waals surface area (Å²) >= 11 is 3.41. The first-order chi connectivity index (χ1) is 17.0. The van der Waals surface area contributed by atoms with E-state index in [0.717, 1.165) is 52.7 Å². The molecule has 7 nitrogen and oxygen atoms in total. The van der Waals surface area contributed by atoms with Gasteiger partial charge in [0.1, 0.15) is 18.4 Å². The second-order valence-corrected chi connectivity index (χ2v) is 12.1.